The Balaban J connectivity index is 1.43. The number of thioether (sulfide) groups is 1. The molecule has 0 saturated carbocycles. The Labute approximate surface area is 197 Å². The van der Waals surface area contributed by atoms with E-state index in [0.29, 0.717) is 35.7 Å². The average Bonchev–Trinajstić information content (AvgIpc) is 3.20. The molecule has 1 aliphatic rings. The fraction of sp³-hybridized carbons (Fsp3) is 0.478. The fourth-order valence-electron chi connectivity index (χ4n) is 3.52. The number of benzene rings is 1. The van der Waals surface area contributed by atoms with Crippen molar-refractivity contribution in [2.24, 2.45) is 5.92 Å². The molecule has 0 bridgehead atoms. The van der Waals surface area contributed by atoms with E-state index in [-0.39, 0.29) is 12.0 Å². The van der Waals surface area contributed by atoms with Crippen molar-refractivity contribution in [3.63, 3.8) is 0 Å². The second-order valence-corrected chi connectivity index (χ2v) is 9.50. The van der Waals surface area contributed by atoms with Gasteiger partial charge in [-0.2, -0.15) is 5.10 Å². The SMILES string of the molecule is CCSc1nc(NCC(C)C)c2cnn(CCNC(=O)C3Oc4ccccc4OC3C)c2n1. The summed E-state index contributed by atoms with van der Waals surface area (Å²) in [6, 6.07) is 7.36. The van der Waals surface area contributed by atoms with Gasteiger partial charge in [0.1, 0.15) is 11.9 Å². The first kappa shape index (κ1) is 23.2. The molecular formula is C23H30N6O3S. The normalized spacial score (nSPS) is 17.4. The summed E-state index contributed by atoms with van der Waals surface area (Å²) in [6.07, 6.45) is 0.675. The van der Waals surface area contributed by atoms with E-state index in [4.69, 9.17) is 14.5 Å². The highest BCUT2D eigenvalue weighted by molar-refractivity contribution is 7.99. The zero-order chi connectivity index (χ0) is 23.4. The van der Waals surface area contributed by atoms with Crippen molar-refractivity contribution >= 4 is 34.5 Å². The lowest BCUT2D eigenvalue weighted by molar-refractivity contribution is -0.133. The zero-order valence-electron chi connectivity index (χ0n) is 19.4. The number of nitrogens with one attached hydrogen (secondary N) is 2. The Morgan fingerprint density at radius 1 is 1.21 bits per heavy atom. The van der Waals surface area contributed by atoms with Crippen molar-refractivity contribution in [1.82, 2.24) is 25.1 Å². The number of ether oxygens (including phenoxy) is 2. The quantitative estimate of drug-likeness (QED) is 0.363. The van der Waals surface area contributed by atoms with Gasteiger partial charge >= 0.3 is 0 Å². The van der Waals surface area contributed by atoms with Gasteiger partial charge in [-0.1, -0.05) is 44.7 Å². The second-order valence-electron chi connectivity index (χ2n) is 8.27. The Bertz CT molecular complexity index is 1120. The van der Waals surface area contributed by atoms with Crippen LogP contribution in [0.25, 0.3) is 11.0 Å². The Hall–Kier alpha value is -3.01. The van der Waals surface area contributed by atoms with Gasteiger partial charge in [-0.3, -0.25) is 4.79 Å². The Morgan fingerprint density at radius 2 is 1.97 bits per heavy atom. The van der Waals surface area contributed by atoms with Crippen LogP contribution in [0.2, 0.25) is 0 Å². The summed E-state index contributed by atoms with van der Waals surface area (Å²) in [5, 5.41) is 12.4. The third-order valence-corrected chi connectivity index (χ3v) is 5.88. The van der Waals surface area contributed by atoms with Crippen LogP contribution in [0, 0.1) is 5.92 Å². The standard InChI is InChI=1S/C23H30N6O3S/c1-5-33-23-27-20(25-12-14(2)3)16-13-26-29(21(16)28-23)11-10-24-22(30)19-15(4)31-17-8-6-7-9-18(17)32-19/h6-9,13-15,19H,5,10-12H2,1-4H3,(H,24,30)(H,25,27,28). The molecule has 176 valence electrons. The summed E-state index contributed by atoms with van der Waals surface area (Å²) in [6.45, 7) is 9.89. The summed E-state index contributed by atoms with van der Waals surface area (Å²) >= 11 is 1.59. The third-order valence-electron chi connectivity index (χ3n) is 5.15. The summed E-state index contributed by atoms with van der Waals surface area (Å²) in [4.78, 5) is 22.1. The molecule has 0 aliphatic carbocycles. The lowest BCUT2D eigenvalue weighted by Crippen LogP contribution is -2.49. The predicted octanol–water partition coefficient (Wildman–Crippen LogP) is 3.35. The highest BCUT2D eigenvalue weighted by atomic mass is 32.2. The molecule has 0 spiro atoms. The number of fused-ring (bicyclic) bond motifs is 2. The van der Waals surface area contributed by atoms with Crippen LogP contribution < -0.4 is 20.1 Å². The fourth-order valence-corrected chi connectivity index (χ4v) is 4.09. The van der Waals surface area contributed by atoms with Crippen molar-refractivity contribution in [3.05, 3.63) is 30.5 Å². The second kappa shape index (κ2) is 10.3. The number of nitrogens with zero attached hydrogens (tertiary/aromatic N) is 4. The molecule has 10 heteroatoms. The molecule has 2 N–H and O–H groups in total. The van der Waals surface area contributed by atoms with Gasteiger partial charge in [0.15, 0.2) is 22.3 Å². The van der Waals surface area contributed by atoms with Gasteiger partial charge in [0, 0.05) is 13.1 Å². The zero-order valence-corrected chi connectivity index (χ0v) is 20.2. The molecule has 0 fully saturated rings. The van der Waals surface area contributed by atoms with E-state index in [9.17, 15) is 4.79 Å². The maximum Gasteiger partial charge on any atom is 0.265 e. The largest absolute Gasteiger partial charge is 0.482 e. The van der Waals surface area contributed by atoms with E-state index in [2.05, 4.69) is 41.5 Å². The summed E-state index contributed by atoms with van der Waals surface area (Å²) in [5.74, 6) is 3.17. The van der Waals surface area contributed by atoms with Gasteiger partial charge in [0.2, 0.25) is 6.10 Å². The number of hydrogen-bond acceptors (Lipinski definition) is 8. The molecule has 9 nitrogen and oxygen atoms in total. The van der Waals surface area contributed by atoms with Crippen LogP contribution in [0.4, 0.5) is 5.82 Å². The van der Waals surface area contributed by atoms with Crippen molar-refractivity contribution in [2.75, 3.05) is 24.2 Å². The first-order valence-electron chi connectivity index (χ1n) is 11.3. The number of para-hydroxylation sites is 2. The molecule has 3 heterocycles. The first-order valence-corrected chi connectivity index (χ1v) is 12.2. The highest BCUT2D eigenvalue weighted by Gasteiger charge is 2.33. The molecule has 0 radical (unpaired) electrons. The minimum atomic E-state index is -0.712. The maximum atomic E-state index is 12.8. The van der Waals surface area contributed by atoms with Crippen molar-refractivity contribution < 1.29 is 14.3 Å². The molecule has 0 saturated heterocycles. The minimum absolute atomic E-state index is 0.218. The summed E-state index contributed by atoms with van der Waals surface area (Å²) < 4.78 is 13.5. The van der Waals surface area contributed by atoms with Gasteiger partial charge in [0.05, 0.1) is 18.1 Å². The average molecular weight is 471 g/mol. The van der Waals surface area contributed by atoms with Crippen LogP contribution in [0.5, 0.6) is 11.5 Å². The summed E-state index contributed by atoms with van der Waals surface area (Å²) in [7, 11) is 0. The predicted molar refractivity (Wildman–Crippen MR) is 129 cm³/mol. The van der Waals surface area contributed by atoms with Crippen LogP contribution in [0.15, 0.2) is 35.6 Å². The van der Waals surface area contributed by atoms with Crippen LogP contribution in [0.1, 0.15) is 27.7 Å². The monoisotopic (exact) mass is 470 g/mol. The molecule has 2 atom stereocenters. The smallest absolute Gasteiger partial charge is 0.265 e. The topological polar surface area (TPSA) is 103 Å². The third kappa shape index (κ3) is 5.32. The lowest BCUT2D eigenvalue weighted by Gasteiger charge is -2.31. The summed E-state index contributed by atoms with van der Waals surface area (Å²) in [5.41, 5.74) is 0.751. The van der Waals surface area contributed by atoms with Crippen LogP contribution in [0.3, 0.4) is 0 Å². The van der Waals surface area contributed by atoms with Crippen LogP contribution in [-0.4, -0.2) is 56.7 Å². The highest BCUT2D eigenvalue weighted by Crippen LogP contribution is 2.33. The first-order chi connectivity index (χ1) is 16.0. The van der Waals surface area contributed by atoms with E-state index >= 15 is 0 Å². The number of carbonyl (C=O) groups is 1. The van der Waals surface area contributed by atoms with Crippen molar-refractivity contribution in [1.29, 1.82) is 0 Å². The number of rotatable bonds is 9. The Morgan fingerprint density at radius 3 is 2.70 bits per heavy atom. The molecule has 1 amide bonds. The van der Waals surface area contributed by atoms with E-state index < -0.39 is 6.10 Å². The minimum Gasteiger partial charge on any atom is -0.482 e. The van der Waals surface area contributed by atoms with Crippen molar-refractivity contribution in [3.8, 4) is 11.5 Å². The maximum absolute atomic E-state index is 12.8. The van der Waals surface area contributed by atoms with Crippen molar-refractivity contribution in [2.45, 2.75) is 51.6 Å². The molecule has 33 heavy (non-hydrogen) atoms. The lowest BCUT2D eigenvalue weighted by atomic mass is 10.1. The molecule has 1 aliphatic heterocycles. The van der Waals surface area contributed by atoms with Gasteiger partial charge in [-0.05, 0) is 30.7 Å². The van der Waals surface area contributed by atoms with E-state index in [0.717, 1.165) is 29.1 Å². The number of anilines is 1. The Kier molecular flexibility index (Phi) is 7.22. The van der Waals surface area contributed by atoms with E-state index in [1.807, 2.05) is 25.1 Å². The molecule has 2 unspecified atom stereocenters. The van der Waals surface area contributed by atoms with Crippen LogP contribution in [-0.2, 0) is 11.3 Å². The molecular weight excluding hydrogens is 440 g/mol. The van der Waals surface area contributed by atoms with E-state index in [1.54, 1.807) is 28.7 Å². The number of hydrogen-bond donors (Lipinski definition) is 2. The van der Waals surface area contributed by atoms with Crippen LogP contribution >= 0.6 is 11.8 Å². The number of aromatic nitrogens is 4. The molecule has 4 rings (SSSR count). The van der Waals surface area contributed by atoms with Gasteiger partial charge in [-0.25, -0.2) is 14.6 Å². The van der Waals surface area contributed by atoms with Gasteiger partial charge < -0.3 is 20.1 Å². The van der Waals surface area contributed by atoms with Gasteiger partial charge in [-0.15, -0.1) is 0 Å². The molecule has 2 aromatic heterocycles. The van der Waals surface area contributed by atoms with E-state index in [1.165, 1.54) is 0 Å². The molecule has 3 aromatic rings. The van der Waals surface area contributed by atoms with Gasteiger partial charge in [0.25, 0.3) is 5.91 Å². The number of amides is 1. The number of carbonyl (C=O) groups excluding carboxylic acids is 1. The molecule has 1 aromatic carbocycles.